The minimum absolute atomic E-state index is 0.0144. The number of unbranched alkanes of at least 4 members (excludes halogenated alkanes) is 45. The molecule has 3 fully saturated rings. The molecule has 26 heteroatoms. The third-order valence-electron chi connectivity index (χ3n) is 23.2. The summed E-state index contributed by atoms with van der Waals surface area (Å²) in [4.78, 5) is 66.4. The van der Waals surface area contributed by atoms with Gasteiger partial charge in [-0.25, -0.2) is 4.57 Å². The molecule has 3 aliphatic rings. The summed E-state index contributed by atoms with van der Waals surface area (Å²) in [5.41, 5.74) is 0. The minimum atomic E-state index is -5.81. The van der Waals surface area contributed by atoms with Crippen LogP contribution in [0.4, 0.5) is 0 Å². The molecule has 3 rings (SSSR count). The van der Waals surface area contributed by atoms with E-state index in [-0.39, 0.29) is 32.1 Å². The Labute approximate surface area is 699 Å². The second-order valence-corrected chi connectivity index (χ2v) is 35.2. The molecular weight excluding hydrogens is 1510 g/mol. The topological polar surface area (TPSA) is 380 Å². The Balaban J connectivity index is 1.92. The average Bonchev–Trinajstić information content (AvgIpc) is 0.754. The summed E-state index contributed by atoms with van der Waals surface area (Å²) >= 11 is 0. The fraction of sp³-hybridized carbons (Fsp3) is 0.933. The maximum atomic E-state index is 14.9. The van der Waals surface area contributed by atoms with Crippen LogP contribution in [0.15, 0.2) is 12.2 Å². The highest BCUT2D eigenvalue weighted by Gasteiger charge is 2.60. The Morgan fingerprint density at radius 2 is 0.698 bits per heavy atom. The van der Waals surface area contributed by atoms with Gasteiger partial charge in [0.2, 0.25) is 0 Å². The summed E-state index contributed by atoms with van der Waals surface area (Å²) in [7, 11) is -5.81. The van der Waals surface area contributed by atoms with Crippen molar-refractivity contribution < 1.29 is 122 Å². The van der Waals surface area contributed by atoms with Gasteiger partial charge in [-0.15, -0.1) is 0 Å². The van der Waals surface area contributed by atoms with Crippen molar-refractivity contribution in [2.24, 2.45) is 5.92 Å². The molecule has 0 aromatic rings. The zero-order valence-corrected chi connectivity index (χ0v) is 73.6. The standard InChI is InChI=1S/C90H167O25P/c1-6-10-14-18-22-25-28-31-32-35-36-39-42-49-55-61-73(92)106-66-70(109-75(94)63-57-51-43-40-37-33-29-26-23-19-15-11-7-2)67-108-116(104,105)115-88-86(113-89-83(102)79(98)77(96)71(65-91)110-89)82(101)81(100)85(112-76(95)64-58-52-44-41-38-34-30-27-24-20-16-12-8-3)87(88)114-90-84(103)80(99)78(97)72(111-90)68-107-74(93)62-56-50-46-45-48-54-60-69(5)59-53-47-21-17-13-9-4/h34,38,69-72,77-91,96-103H,6-33,35-37,39-68H2,1-5H3,(H,104,105)/b38-34-. The van der Waals surface area contributed by atoms with Crippen molar-refractivity contribution in [2.45, 2.75) is 505 Å². The highest BCUT2D eigenvalue weighted by molar-refractivity contribution is 7.47. The number of ether oxygens (including phenoxy) is 8. The first-order valence-corrected chi connectivity index (χ1v) is 48.3. The molecule has 0 bridgehead atoms. The molecule has 2 saturated heterocycles. The average molecular weight is 1680 g/mol. The largest absolute Gasteiger partial charge is 0.472 e. The van der Waals surface area contributed by atoms with Crippen LogP contribution in [-0.4, -0.2) is 205 Å². The number of aliphatic hydroxyl groups excluding tert-OH is 9. The molecule has 25 nitrogen and oxygen atoms in total. The van der Waals surface area contributed by atoms with E-state index in [0.29, 0.717) is 38.0 Å². The molecule has 19 unspecified atom stereocenters. The number of rotatable bonds is 75. The van der Waals surface area contributed by atoms with Crippen molar-refractivity contribution in [1.82, 2.24) is 0 Å². The summed E-state index contributed by atoms with van der Waals surface area (Å²) in [6.45, 7) is 7.91. The smallest absolute Gasteiger partial charge is 0.463 e. The van der Waals surface area contributed by atoms with Gasteiger partial charge in [-0.05, 0) is 57.3 Å². The van der Waals surface area contributed by atoms with Gasteiger partial charge in [-0.1, -0.05) is 336 Å². The van der Waals surface area contributed by atoms with Gasteiger partial charge in [0.05, 0.1) is 13.2 Å². The van der Waals surface area contributed by atoms with Crippen LogP contribution in [0.5, 0.6) is 0 Å². The summed E-state index contributed by atoms with van der Waals surface area (Å²) < 4.78 is 73.4. The fourth-order valence-corrected chi connectivity index (χ4v) is 16.6. The monoisotopic (exact) mass is 1680 g/mol. The number of esters is 4. The molecule has 1 saturated carbocycles. The zero-order valence-electron chi connectivity index (χ0n) is 72.7. The van der Waals surface area contributed by atoms with E-state index < -0.39 is 162 Å². The predicted octanol–water partition coefficient (Wildman–Crippen LogP) is 17.0. The van der Waals surface area contributed by atoms with Crippen molar-refractivity contribution in [3.63, 3.8) is 0 Å². The molecule has 116 heavy (non-hydrogen) atoms. The van der Waals surface area contributed by atoms with Crippen LogP contribution >= 0.6 is 7.82 Å². The molecule has 0 radical (unpaired) electrons. The van der Waals surface area contributed by atoms with E-state index in [1.807, 2.05) is 0 Å². The third-order valence-corrected chi connectivity index (χ3v) is 24.2. The Bertz CT molecular complexity index is 2480. The summed E-state index contributed by atoms with van der Waals surface area (Å²) in [6, 6.07) is 0. The predicted molar refractivity (Wildman–Crippen MR) is 449 cm³/mol. The van der Waals surface area contributed by atoms with Gasteiger partial charge >= 0.3 is 31.7 Å². The number of carbonyl (C=O) groups is 4. The lowest BCUT2D eigenvalue weighted by Crippen LogP contribution is -2.70. The van der Waals surface area contributed by atoms with E-state index in [2.05, 4.69) is 46.8 Å². The maximum Gasteiger partial charge on any atom is 0.472 e. The van der Waals surface area contributed by atoms with Crippen LogP contribution < -0.4 is 0 Å². The molecule has 19 atom stereocenters. The fourth-order valence-electron chi connectivity index (χ4n) is 15.6. The molecule has 0 amide bonds. The quantitative estimate of drug-likeness (QED) is 0.00889. The van der Waals surface area contributed by atoms with Crippen LogP contribution in [0.2, 0.25) is 0 Å². The molecule has 10 N–H and O–H groups in total. The van der Waals surface area contributed by atoms with E-state index in [9.17, 15) is 74.6 Å². The Morgan fingerprint density at radius 3 is 1.12 bits per heavy atom. The van der Waals surface area contributed by atoms with E-state index in [1.54, 1.807) is 0 Å². The highest BCUT2D eigenvalue weighted by Crippen LogP contribution is 2.49. The molecular formula is C90H167O25P. The first kappa shape index (κ1) is 107. The summed E-state index contributed by atoms with van der Waals surface area (Å²) in [5, 5.41) is 102. The van der Waals surface area contributed by atoms with E-state index in [1.165, 1.54) is 180 Å². The van der Waals surface area contributed by atoms with Gasteiger partial charge in [-0.3, -0.25) is 28.2 Å². The lowest BCUT2D eigenvalue weighted by molar-refractivity contribution is -0.360. The van der Waals surface area contributed by atoms with Gasteiger partial charge < -0.3 is 88.7 Å². The van der Waals surface area contributed by atoms with E-state index in [0.717, 1.165) is 122 Å². The normalized spacial score (nSPS) is 25.4. The van der Waals surface area contributed by atoms with Crippen LogP contribution in [0.1, 0.15) is 401 Å². The lowest BCUT2D eigenvalue weighted by Gasteiger charge is -2.50. The van der Waals surface area contributed by atoms with Crippen molar-refractivity contribution in [3.05, 3.63) is 12.2 Å². The van der Waals surface area contributed by atoms with Gasteiger partial charge in [-0.2, -0.15) is 0 Å². The van der Waals surface area contributed by atoms with E-state index >= 15 is 0 Å². The molecule has 1 aliphatic carbocycles. The number of carbonyl (C=O) groups excluding carboxylic acids is 4. The van der Waals surface area contributed by atoms with Crippen molar-refractivity contribution in [2.75, 3.05) is 26.4 Å². The zero-order chi connectivity index (χ0) is 84.8. The number of allylic oxidation sites excluding steroid dienone is 2. The Kier molecular flexibility index (Phi) is 63.5. The molecule has 0 aromatic heterocycles. The maximum absolute atomic E-state index is 14.9. The number of hydrogen-bond donors (Lipinski definition) is 10. The Hall–Kier alpha value is -2.79. The Morgan fingerprint density at radius 1 is 0.362 bits per heavy atom. The second-order valence-electron chi connectivity index (χ2n) is 33.8. The van der Waals surface area contributed by atoms with Crippen LogP contribution in [0.3, 0.4) is 0 Å². The van der Waals surface area contributed by atoms with Gasteiger partial charge in [0, 0.05) is 25.7 Å². The van der Waals surface area contributed by atoms with Crippen LogP contribution in [0.25, 0.3) is 0 Å². The van der Waals surface area contributed by atoms with Gasteiger partial charge in [0.1, 0.15) is 92.6 Å². The van der Waals surface area contributed by atoms with Gasteiger partial charge in [0.25, 0.3) is 0 Å². The highest BCUT2D eigenvalue weighted by atomic mass is 31.2. The third kappa shape index (κ3) is 48.9. The number of aliphatic hydroxyl groups is 9. The molecule has 0 spiro atoms. The molecule has 0 aromatic carbocycles. The first-order chi connectivity index (χ1) is 56.1. The summed E-state index contributed by atoms with van der Waals surface area (Å²) in [5.74, 6) is -2.29. The molecule has 2 heterocycles. The second kappa shape index (κ2) is 68.6. The lowest BCUT2D eigenvalue weighted by atomic mass is 9.84. The van der Waals surface area contributed by atoms with Crippen molar-refractivity contribution in [1.29, 1.82) is 0 Å². The number of phosphoric ester groups is 1. The van der Waals surface area contributed by atoms with Crippen molar-refractivity contribution in [3.8, 4) is 0 Å². The van der Waals surface area contributed by atoms with Gasteiger partial charge in [0.15, 0.2) is 24.8 Å². The summed E-state index contributed by atoms with van der Waals surface area (Å²) in [6.07, 6.45) is 25.1. The molecule has 682 valence electrons. The minimum Gasteiger partial charge on any atom is -0.463 e. The first-order valence-electron chi connectivity index (χ1n) is 46.8. The molecule has 2 aliphatic heterocycles. The number of hydrogen-bond acceptors (Lipinski definition) is 24. The SMILES string of the molecule is CCCCCCCC/C=C\CCCCCC(=O)OC1C(O)C(O)C(OC2OC(CO)C(O)C(O)C2O)C(OP(=O)(O)OCC(COC(=O)CCCCCCCCCCCCCCCCC)OC(=O)CCCCCCCCCCCCCCC)C1OC1OC(COC(=O)CCCCCCCCC(C)CCCCCCCC)C(O)C(O)C1O. The van der Waals surface area contributed by atoms with E-state index in [4.69, 9.17) is 46.9 Å². The van der Waals surface area contributed by atoms with Crippen molar-refractivity contribution >= 4 is 31.7 Å². The number of phosphoric acid groups is 1. The van der Waals surface area contributed by atoms with Crippen LogP contribution in [0, 0.1) is 5.92 Å². The van der Waals surface area contributed by atoms with Crippen LogP contribution in [-0.2, 0) is 70.7 Å².